The molecular formula is C24H28N6O3S. The fourth-order valence-electron chi connectivity index (χ4n) is 4.54. The average Bonchev–Trinajstić information content (AvgIpc) is 3.42. The van der Waals surface area contributed by atoms with Gasteiger partial charge >= 0.3 is 0 Å². The van der Waals surface area contributed by atoms with Crippen molar-refractivity contribution in [2.24, 2.45) is 5.92 Å². The zero-order chi connectivity index (χ0) is 23.8. The van der Waals surface area contributed by atoms with Gasteiger partial charge in [0.2, 0.25) is 5.91 Å². The van der Waals surface area contributed by atoms with E-state index in [0.717, 1.165) is 51.2 Å². The number of aliphatic hydroxyl groups excluding tert-OH is 1. The minimum atomic E-state index is -0.0731. The maximum absolute atomic E-state index is 12.8. The molecule has 1 aliphatic carbocycles. The van der Waals surface area contributed by atoms with E-state index in [4.69, 9.17) is 4.74 Å². The third-order valence-corrected chi connectivity index (χ3v) is 7.32. The van der Waals surface area contributed by atoms with Crippen LogP contribution in [0.5, 0.6) is 5.75 Å². The number of carbonyl (C=O) groups excluding carboxylic acids is 1. The van der Waals surface area contributed by atoms with Gasteiger partial charge in [0.25, 0.3) is 0 Å². The molecule has 3 aromatic heterocycles. The van der Waals surface area contributed by atoms with Crippen LogP contribution in [0.15, 0.2) is 24.7 Å². The minimum absolute atomic E-state index is 0.0127. The molecule has 1 aromatic carbocycles. The van der Waals surface area contributed by atoms with Gasteiger partial charge in [-0.25, -0.2) is 9.97 Å². The number of aliphatic hydroxyl groups is 1. The summed E-state index contributed by atoms with van der Waals surface area (Å²) in [6.45, 7) is 4.32. The molecule has 0 bridgehead atoms. The van der Waals surface area contributed by atoms with Crippen molar-refractivity contribution in [1.82, 2.24) is 25.1 Å². The number of rotatable bonds is 7. The Hall–Kier alpha value is -3.24. The Labute approximate surface area is 201 Å². The molecule has 9 nitrogen and oxygen atoms in total. The van der Waals surface area contributed by atoms with Crippen LogP contribution in [-0.4, -0.2) is 62.4 Å². The van der Waals surface area contributed by atoms with Gasteiger partial charge in [-0.05, 0) is 44.7 Å². The highest BCUT2D eigenvalue weighted by Gasteiger charge is 2.30. The summed E-state index contributed by atoms with van der Waals surface area (Å²) in [6, 6.07) is 3.96. The normalized spacial score (nSPS) is 15.6. The monoisotopic (exact) mass is 480 g/mol. The molecule has 5 rings (SSSR count). The fraction of sp³-hybridized carbons (Fsp3) is 0.417. The Kier molecular flexibility index (Phi) is 6.09. The Morgan fingerprint density at radius 3 is 3.03 bits per heavy atom. The van der Waals surface area contributed by atoms with Gasteiger partial charge in [-0.2, -0.15) is 5.10 Å². The van der Waals surface area contributed by atoms with E-state index in [-0.39, 0.29) is 24.5 Å². The fourth-order valence-corrected chi connectivity index (χ4v) is 5.80. The quantitative estimate of drug-likeness (QED) is 0.370. The number of benzene rings is 1. The number of aromatic amines is 1. The minimum Gasteiger partial charge on any atom is -0.489 e. The number of aromatic nitrogens is 4. The average molecular weight is 481 g/mol. The van der Waals surface area contributed by atoms with Gasteiger partial charge in [-0.3, -0.25) is 9.89 Å². The van der Waals surface area contributed by atoms with Crippen LogP contribution in [-0.2, 0) is 17.6 Å². The van der Waals surface area contributed by atoms with Crippen molar-refractivity contribution in [2.75, 3.05) is 25.5 Å². The first-order valence-electron chi connectivity index (χ1n) is 11.5. The lowest BCUT2D eigenvalue weighted by Crippen LogP contribution is -2.37. The van der Waals surface area contributed by atoms with Crippen LogP contribution in [0.3, 0.4) is 0 Å². The van der Waals surface area contributed by atoms with E-state index < -0.39 is 0 Å². The molecular weight excluding hydrogens is 452 g/mol. The standard InChI is InChI=1S/C24H28N6O3S/c1-13(2)33-19-10-17-15(11-27-29-17)8-18(19)28-22-21-16-5-4-14(24(32)30(3)6-7-31)9-20(16)34-23(21)26-12-25-22/h8,10-14,31H,4-7,9H2,1-3H3,(H,27,29)(H,25,26,28)/t14-/m0/s1. The Morgan fingerprint density at radius 2 is 2.24 bits per heavy atom. The second kappa shape index (κ2) is 9.19. The maximum Gasteiger partial charge on any atom is 0.225 e. The molecule has 10 heteroatoms. The number of hydrogen-bond acceptors (Lipinski definition) is 8. The lowest BCUT2D eigenvalue weighted by atomic mass is 9.87. The molecule has 0 spiro atoms. The number of H-pyrrole nitrogens is 1. The van der Waals surface area contributed by atoms with Crippen molar-refractivity contribution in [1.29, 1.82) is 0 Å². The number of fused-ring (bicyclic) bond motifs is 4. The lowest BCUT2D eigenvalue weighted by Gasteiger charge is -2.26. The molecule has 34 heavy (non-hydrogen) atoms. The van der Waals surface area contributed by atoms with E-state index >= 15 is 0 Å². The molecule has 0 saturated heterocycles. The van der Waals surface area contributed by atoms with Crippen molar-refractivity contribution in [3.05, 3.63) is 35.1 Å². The van der Waals surface area contributed by atoms with Crippen molar-refractivity contribution < 1.29 is 14.6 Å². The number of thiophene rings is 1. The summed E-state index contributed by atoms with van der Waals surface area (Å²) in [4.78, 5) is 25.6. The van der Waals surface area contributed by atoms with Crippen molar-refractivity contribution >= 4 is 49.9 Å². The van der Waals surface area contributed by atoms with Crippen LogP contribution in [0.2, 0.25) is 0 Å². The highest BCUT2D eigenvalue weighted by molar-refractivity contribution is 7.19. The Balaban J connectivity index is 1.49. The molecule has 0 unspecified atom stereocenters. The van der Waals surface area contributed by atoms with Crippen molar-refractivity contribution in [3.8, 4) is 5.75 Å². The smallest absolute Gasteiger partial charge is 0.225 e. The summed E-state index contributed by atoms with van der Waals surface area (Å²) in [5.41, 5.74) is 2.94. The predicted molar refractivity (Wildman–Crippen MR) is 133 cm³/mol. The second-order valence-corrected chi connectivity index (χ2v) is 10.0. The molecule has 4 aromatic rings. The molecule has 178 valence electrons. The zero-order valence-electron chi connectivity index (χ0n) is 19.5. The summed E-state index contributed by atoms with van der Waals surface area (Å²) in [7, 11) is 1.75. The highest BCUT2D eigenvalue weighted by Crippen LogP contribution is 2.42. The number of carbonyl (C=O) groups is 1. The first-order valence-corrected chi connectivity index (χ1v) is 12.3. The second-order valence-electron chi connectivity index (χ2n) is 8.93. The topological polar surface area (TPSA) is 116 Å². The molecule has 0 saturated carbocycles. The summed E-state index contributed by atoms with van der Waals surface area (Å²) >= 11 is 1.63. The van der Waals surface area contributed by atoms with E-state index in [1.165, 1.54) is 10.4 Å². The molecule has 3 N–H and O–H groups in total. The Bertz CT molecular complexity index is 1350. The van der Waals surface area contributed by atoms with E-state index in [2.05, 4.69) is 25.5 Å². The molecule has 0 fully saturated rings. The van der Waals surface area contributed by atoms with Gasteiger partial charge in [-0.15, -0.1) is 11.3 Å². The summed E-state index contributed by atoms with van der Waals surface area (Å²) in [6.07, 6.45) is 5.61. The van der Waals surface area contributed by atoms with Gasteiger partial charge in [0.1, 0.15) is 22.7 Å². The molecule has 1 amide bonds. The predicted octanol–water partition coefficient (Wildman–Crippen LogP) is 3.65. The van der Waals surface area contributed by atoms with Crippen molar-refractivity contribution in [2.45, 2.75) is 39.2 Å². The van der Waals surface area contributed by atoms with E-state index in [1.807, 2.05) is 26.0 Å². The molecule has 1 aliphatic rings. The number of aryl methyl sites for hydroxylation is 1. The van der Waals surface area contributed by atoms with Crippen molar-refractivity contribution in [3.63, 3.8) is 0 Å². The summed E-state index contributed by atoms with van der Waals surface area (Å²) in [5.74, 6) is 1.47. The molecule has 3 heterocycles. The van der Waals surface area contributed by atoms with Crippen LogP contribution in [0.1, 0.15) is 30.7 Å². The number of amides is 1. The van der Waals surface area contributed by atoms with Crippen LogP contribution < -0.4 is 10.1 Å². The SMILES string of the molecule is CC(C)Oc1cc2[nH]ncc2cc1Nc1ncnc2sc3c(c12)CC[C@H](C(=O)N(C)CCO)C3. The van der Waals surface area contributed by atoms with Gasteiger partial charge in [0, 0.05) is 35.8 Å². The van der Waals surface area contributed by atoms with E-state index in [1.54, 1.807) is 35.8 Å². The summed E-state index contributed by atoms with van der Waals surface area (Å²) in [5, 5.41) is 21.8. The maximum atomic E-state index is 12.8. The van der Waals surface area contributed by atoms with Crippen LogP contribution in [0, 0.1) is 5.92 Å². The van der Waals surface area contributed by atoms with Gasteiger partial charge in [0.05, 0.1) is 35.5 Å². The number of anilines is 2. The largest absolute Gasteiger partial charge is 0.489 e. The lowest BCUT2D eigenvalue weighted by molar-refractivity contribution is -0.135. The summed E-state index contributed by atoms with van der Waals surface area (Å²) < 4.78 is 6.07. The van der Waals surface area contributed by atoms with Gasteiger partial charge in [0.15, 0.2) is 0 Å². The van der Waals surface area contributed by atoms with Crippen LogP contribution in [0.4, 0.5) is 11.5 Å². The number of nitrogens with one attached hydrogen (secondary N) is 2. The van der Waals surface area contributed by atoms with Crippen LogP contribution in [0.25, 0.3) is 21.1 Å². The molecule has 0 aliphatic heterocycles. The van der Waals surface area contributed by atoms with Gasteiger partial charge in [-0.1, -0.05) is 0 Å². The van der Waals surface area contributed by atoms with E-state index in [9.17, 15) is 9.90 Å². The Morgan fingerprint density at radius 1 is 1.38 bits per heavy atom. The van der Waals surface area contributed by atoms with Gasteiger partial charge < -0.3 is 20.1 Å². The number of ether oxygens (including phenoxy) is 1. The van der Waals surface area contributed by atoms with Crippen LogP contribution >= 0.6 is 11.3 Å². The van der Waals surface area contributed by atoms with E-state index in [0.29, 0.717) is 13.0 Å². The number of likely N-dealkylation sites (N-methyl/N-ethyl adjacent to an activating group) is 1. The number of nitrogens with zero attached hydrogens (tertiary/aromatic N) is 4. The first kappa shape index (κ1) is 22.5. The third kappa shape index (κ3) is 4.19. The first-order chi connectivity index (χ1) is 16.4. The number of hydrogen-bond donors (Lipinski definition) is 3. The molecule has 0 radical (unpaired) electrons. The zero-order valence-corrected chi connectivity index (χ0v) is 20.3. The molecule has 1 atom stereocenters. The highest BCUT2D eigenvalue weighted by atomic mass is 32.1. The third-order valence-electron chi connectivity index (χ3n) is 6.16.